The van der Waals surface area contributed by atoms with Gasteiger partial charge in [-0.2, -0.15) is 0 Å². The number of thiophene rings is 1. The van der Waals surface area contributed by atoms with Gasteiger partial charge in [0.15, 0.2) is 0 Å². The van der Waals surface area contributed by atoms with E-state index in [1.807, 2.05) is 17.0 Å². The van der Waals surface area contributed by atoms with Crippen molar-refractivity contribution in [2.75, 3.05) is 33.3 Å². The minimum atomic E-state index is 0.138. The van der Waals surface area contributed by atoms with Gasteiger partial charge >= 0.3 is 0 Å². The predicted molar refractivity (Wildman–Crippen MR) is 117 cm³/mol. The number of carbonyl (C=O) groups excluding carboxylic acids is 1. The Hall–Kier alpha value is -1.89. The number of benzene rings is 1. The number of ether oxygens (including phenoxy) is 1. The average molecular weight is 414 g/mol. The first-order valence-corrected chi connectivity index (χ1v) is 11.4. The SMILES string of the molecule is COc1ccc(CN2CC3(CCN(CC[C@H](N)c4cccs4)CC3)CC2=O)cc1. The smallest absolute Gasteiger partial charge is 0.223 e. The van der Waals surface area contributed by atoms with Crippen LogP contribution in [0.2, 0.25) is 0 Å². The van der Waals surface area contributed by atoms with E-state index in [9.17, 15) is 4.79 Å². The van der Waals surface area contributed by atoms with E-state index in [-0.39, 0.29) is 11.5 Å². The molecule has 0 bridgehead atoms. The lowest BCUT2D eigenvalue weighted by Crippen LogP contribution is -2.42. The molecule has 156 valence electrons. The third kappa shape index (κ3) is 4.82. The van der Waals surface area contributed by atoms with E-state index >= 15 is 0 Å². The molecule has 0 unspecified atom stereocenters. The number of nitrogens with two attached hydrogens (primary N) is 1. The van der Waals surface area contributed by atoms with Crippen molar-refractivity contribution < 1.29 is 9.53 Å². The molecule has 2 fully saturated rings. The summed E-state index contributed by atoms with van der Waals surface area (Å²) in [7, 11) is 1.67. The third-order valence-electron chi connectivity index (χ3n) is 6.52. The molecule has 2 aromatic rings. The van der Waals surface area contributed by atoms with Gasteiger partial charge in [-0.3, -0.25) is 4.79 Å². The summed E-state index contributed by atoms with van der Waals surface area (Å²) in [6, 6.07) is 12.4. The lowest BCUT2D eigenvalue weighted by molar-refractivity contribution is -0.128. The molecule has 2 aliphatic heterocycles. The fraction of sp³-hybridized carbons (Fsp3) is 0.522. The van der Waals surface area contributed by atoms with E-state index in [1.54, 1.807) is 18.4 Å². The number of amides is 1. The lowest BCUT2D eigenvalue weighted by Gasteiger charge is -2.39. The number of nitrogens with zero attached hydrogens (tertiary/aromatic N) is 2. The fourth-order valence-electron chi connectivity index (χ4n) is 4.63. The maximum absolute atomic E-state index is 12.7. The molecule has 4 rings (SSSR count). The van der Waals surface area contributed by atoms with Gasteiger partial charge in [-0.05, 0) is 73.5 Å². The third-order valence-corrected chi connectivity index (χ3v) is 7.52. The van der Waals surface area contributed by atoms with Crippen LogP contribution in [0.5, 0.6) is 5.75 Å². The van der Waals surface area contributed by atoms with E-state index in [0.29, 0.717) is 18.9 Å². The number of hydrogen-bond acceptors (Lipinski definition) is 5. The topological polar surface area (TPSA) is 58.8 Å². The van der Waals surface area contributed by atoms with Gasteiger partial charge in [-0.25, -0.2) is 0 Å². The van der Waals surface area contributed by atoms with Crippen LogP contribution in [0.25, 0.3) is 0 Å². The van der Waals surface area contributed by atoms with Crippen LogP contribution in [0.3, 0.4) is 0 Å². The monoisotopic (exact) mass is 413 g/mol. The first-order valence-electron chi connectivity index (χ1n) is 10.5. The van der Waals surface area contributed by atoms with Gasteiger partial charge in [0, 0.05) is 30.4 Å². The molecule has 0 radical (unpaired) electrons. The van der Waals surface area contributed by atoms with Crippen LogP contribution in [0.15, 0.2) is 41.8 Å². The first-order chi connectivity index (χ1) is 14.1. The van der Waals surface area contributed by atoms with Crippen molar-refractivity contribution in [3.8, 4) is 5.75 Å². The summed E-state index contributed by atoms with van der Waals surface area (Å²) in [5.41, 5.74) is 7.65. The Bertz CT molecular complexity index is 798. The molecule has 1 amide bonds. The Morgan fingerprint density at radius 3 is 2.62 bits per heavy atom. The highest BCUT2D eigenvalue weighted by molar-refractivity contribution is 7.10. The molecule has 1 atom stereocenters. The van der Waals surface area contributed by atoms with Crippen LogP contribution in [-0.2, 0) is 11.3 Å². The lowest BCUT2D eigenvalue weighted by atomic mass is 9.77. The molecule has 29 heavy (non-hydrogen) atoms. The minimum Gasteiger partial charge on any atom is -0.497 e. The molecule has 2 saturated heterocycles. The highest BCUT2D eigenvalue weighted by Gasteiger charge is 2.44. The van der Waals surface area contributed by atoms with Crippen molar-refractivity contribution in [1.82, 2.24) is 9.80 Å². The van der Waals surface area contributed by atoms with Gasteiger partial charge in [0.05, 0.1) is 7.11 Å². The zero-order valence-electron chi connectivity index (χ0n) is 17.2. The first kappa shape index (κ1) is 20.4. The second-order valence-electron chi connectivity index (χ2n) is 8.53. The molecular formula is C23H31N3O2S. The summed E-state index contributed by atoms with van der Waals surface area (Å²) in [5.74, 6) is 1.15. The molecule has 1 spiro atoms. The molecule has 1 aromatic heterocycles. The van der Waals surface area contributed by atoms with Crippen molar-refractivity contribution in [1.29, 1.82) is 0 Å². The largest absolute Gasteiger partial charge is 0.497 e. The standard InChI is InChI=1S/C23H31N3O2S/c1-28-19-6-4-18(5-7-19)16-26-17-23(15-22(26)27)9-12-25(13-10-23)11-8-20(24)21-3-2-14-29-21/h2-7,14,20H,8-13,15-17,24H2,1H3/t20-/m0/s1. The zero-order chi connectivity index (χ0) is 20.3. The minimum absolute atomic E-state index is 0.138. The molecule has 3 heterocycles. The van der Waals surface area contributed by atoms with E-state index in [4.69, 9.17) is 10.5 Å². The number of piperidine rings is 1. The average Bonchev–Trinajstić information content (AvgIpc) is 3.37. The highest BCUT2D eigenvalue weighted by Crippen LogP contribution is 2.41. The number of carbonyl (C=O) groups is 1. The number of hydrogen-bond donors (Lipinski definition) is 1. The van der Waals surface area contributed by atoms with Gasteiger partial charge in [-0.1, -0.05) is 18.2 Å². The van der Waals surface area contributed by atoms with Crippen LogP contribution in [-0.4, -0.2) is 49.0 Å². The molecule has 2 N–H and O–H groups in total. The Labute approximate surface area is 177 Å². The summed E-state index contributed by atoms with van der Waals surface area (Å²) in [4.78, 5) is 18.5. The van der Waals surface area contributed by atoms with Crippen LogP contribution in [0, 0.1) is 5.41 Å². The summed E-state index contributed by atoms with van der Waals surface area (Å²) in [5, 5.41) is 2.09. The second-order valence-corrected chi connectivity index (χ2v) is 9.51. The van der Waals surface area contributed by atoms with Gasteiger partial charge in [-0.15, -0.1) is 11.3 Å². The van der Waals surface area contributed by atoms with E-state index in [1.165, 1.54) is 4.88 Å². The van der Waals surface area contributed by atoms with Crippen molar-refractivity contribution in [3.63, 3.8) is 0 Å². The molecule has 1 aromatic carbocycles. The molecular weight excluding hydrogens is 382 g/mol. The highest BCUT2D eigenvalue weighted by atomic mass is 32.1. The molecule has 0 aliphatic carbocycles. The Kier molecular flexibility index (Phi) is 6.23. The Balaban J connectivity index is 1.26. The van der Waals surface area contributed by atoms with Crippen molar-refractivity contribution in [2.45, 2.75) is 38.3 Å². The number of likely N-dealkylation sites (tertiary alicyclic amines) is 2. The van der Waals surface area contributed by atoms with Gasteiger partial charge in [0.2, 0.25) is 5.91 Å². The summed E-state index contributed by atoms with van der Waals surface area (Å²) >= 11 is 1.74. The maximum atomic E-state index is 12.7. The van der Waals surface area contributed by atoms with Crippen molar-refractivity contribution >= 4 is 17.2 Å². The van der Waals surface area contributed by atoms with Crippen LogP contribution in [0.4, 0.5) is 0 Å². The molecule has 5 nitrogen and oxygen atoms in total. The van der Waals surface area contributed by atoms with Crippen LogP contribution < -0.4 is 10.5 Å². The fourth-order valence-corrected chi connectivity index (χ4v) is 5.39. The summed E-state index contributed by atoms with van der Waals surface area (Å²) in [6.45, 7) is 4.77. The molecule has 0 saturated carbocycles. The predicted octanol–water partition coefficient (Wildman–Crippen LogP) is 3.66. The summed E-state index contributed by atoms with van der Waals surface area (Å²) in [6.07, 6.45) is 3.90. The van der Waals surface area contributed by atoms with Crippen LogP contribution in [0.1, 0.15) is 42.2 Å². The van der Waals surface area contributed by atoms with Gasteiger partial charge < -0.3 is 20.3 Å². The van der Waals surface area contributed by atoms with Crippen LogP contribution >= 0.6 is 11.3 Å². The molecule has 2 aliphatic rings. The summed E-state index contributed by atoms with van der Waals surface area (Å²) < 4.78 is 5.22. The Morgan fingerprint density at radius 2 is 1.97 bits per heavy atom. The van der Waals surface area contributed by atoms with E-state index in [0.717, 1.165) is 56.8 Å². The van der Waals surface area contributed by atoms with E-state index < -0.39 is 0 Å². The van der Waals surface area contributed by atoms with Crippen molar-refractivity contribution in [3.05, 3.63) is 52.2 Å². The van der Waals surface area contributed by atoms with Crippen molar-refractivity contribution in [2.24, 2.45) is 11.1 Å². The zero-order valence-corrected chi connectivity index (χ0v) is 18.0. The quantitative estimate of drug-likeness (QED) is 0.753. The van der Waals surface area contributed by atoms with Gasteiger partial charge in [0.25, 0.3) is 0 Å². The number of methoxy groups -OCH3 is 1. The second kappa shape index (κ2) is 8.86. The molecule has 6 heteroatoms. The van der Waals surface area contributed by atoms with Gasteiger partial charge in [0.1, 0.15) is 5.75 Å². The Morgan fingerprint density at radius 1 is 1.21 bits per heavy atom. The van der Waals surface area contributed by atoms with E-state index in [2.05, 4.69) is 34.5 Å². The normalized spacial score (nSPS) is 20.3. The maximum Gasteiger partial charge on any atom is 0.223 e. The number of rotatable bonds is 7.